The van der Waals surface area contributed by atoms with Gasteiger partial charge in [-0.15, -0.1) is 0 Å². The highest BCUT2D eigenvalue weighted by atomic mass is 15.3. The fourth-order valence-electron chi connectivity index (χ4n) is 1.79. The molecule has 0 spiro atoms. The highest BCUT2D eigenvalue weighted by Gasteiger charge is 2.11. The zero-order chi connectivity index (χ0) is 12.6. The highest BCUT2D eigenvalue weighted by Crippen LogP contribution is 2.17. The Morgan fingerprint density at radius 2 is 2.00 bits per heavy atom. The maximum Gasteiger partial charge on any atom is 0.148 e. The van der Waals surface area contributed by atoms with E-state index >= 15 is 0 Å². The summed E-state index contributed by atoms with van der Waals surface area (Å²) in [5.74, 6) is 1.53. The average molecular weight is 229 g/mol. The van der Waals surface area contributed by atoms with Crippen molar-refractivity contribution >= 4 is 5.84 Å². The summed E-state index contributed by atoms with van der Waals surface area (Å²) < 4.78 is 1.72. The van der Waals surface area contributed by atoms with Gasteiger partial charge < -0.3 is 5.73 Å². The van der Waals surface area contributed by atoms with E-state index in [2.05, 4.69) is 10.1 Å². The van der Waals surface area contributed by atoms with Crippen molar-refractivity contribution in [1.29, 1.82) is 5.41 Å². The Hall–Kier alpha value is -2.17. The molecule has 0 saturated heterocycles. The van der Waals surface area contributed by atoms with E-state index in [1.165, 1.54) is 0 Å². The number of aryl methyl sites for hydroxylation is 3. The van der Waals surface area contributed by atoms with E-state index in [0.717, 1.165) is 17.1 Å². The third kappa shape index (κ3) is 2.04. The molecule has 17 heavy (non-hydrogen) atoms. The van der Waals surface area contributed by atoms with Crippen molar-refractivity contribution in [2.45, 2.75) is 20.8 Å². The minimum atomic E-state index is 0.0348. The van der Waals surface area contributed by atoms with Gasteiger partial charge in [0, 0.05) is 5.56 Å². The van der Waals surface area contributed by atoms with Crippen LogP contribution >= 0.6 is 0 Å². The highest BCUT2D eigenvalue weighted by molar-refractivity contribution is 5.98. The number of nitrogens with zero attached hydrogens (tertiary/aromatic N) is 3. The normalized spacial score (nSPS) is 10.5. The van der Waals surface area contributed by atoms with E-state index in [-0.39, 0.29) is 5.84 Å². The summed E-state index contributed by atoms with van der Waals surface area (Å²) in [7, 11) is 0. The first-order chi connectivity index (χ1) is 7.99. The molecule has 0 aliphatic carbocycles. The van der Waals surface area contributed by atoms with Crippen LogP contribution in [-0.4, -0.2) is 20.6 Å². The van der Waals surface area contributed by atoms with Gasteiger partial charge >= 0.3 is 0 Å². The third-order valence-electron chi connectivity index (χ3n) is 2.55. The van der Waals surface area contributed by atoms with Crippen molar-refractivity contribution in [3.8, 4) is 5.69 Å². The van der Waals surface area contributed by atoms with Crippen molar-refractivity contribution in [3.05, 3.63) is 41.0 Å². The number of hydrogen-bond acceptors (Lipinski definition) is 3. The molecular formula is C12H15N5. The Morgan fingerprint density at radius 1 is 1.29 bits per heavy atom. The zero-order valence-electron chi connectivity index (χ0n) is 10.2. The first-order valence-corrected chi connectivity index (χ1v) is 5.34. The molecule has 0 radical (unpaired) electrons. The number of amidine groups is 1. The summed E-state index contributed by atoms with van der Waals surface area (Å²) in [4.78, 5) is 4.26. The molecule has 2 aromatic rings. The van der Waals surface area contributed by atoms with E-state index in [1.54, 1.807) is 4.68 Å². The fraction of sp³-hybridized carbons (Fsp3) is 0.250. The van der Waals surface area contributed by atoms with Crippen molar-refractivity contribution in [2.75, 3.05) is 0 Å². The Labute approximate surface area is 99.8 Å². The summed E-state index contributed by atoms with van der Waals surface area (Å²) in [6, 6.07) is 5.72. The molecule has 5 nitrogen and oxygen atoms in total. The van der Waals surface area contributed by atoms with Crippen LogP contribution in [-0.2, 0) is 0 Å². The molecular weight excluding hydrogens is 214 g/mol. The number of nitrogens with one attached hydrogen (secondary N) is 1. The van der Waals surface area contributed by atoms with Gasteiger partial charge in [-0.05, 0) is 38.5 Å². The topological polar surface area (TPSA) is 80.6 Å². The van der Waals surface area contributed by atoms with Crippen LogP contribution in [0, 0.1) is 26.2 Å². The second kappa shape index (κ2) is 4.01. The van der Waals surface area contributed by atoms with Crippen molar-refractivity contribution in [2.24, 2.45) is 5.73 Å². The summed E-state index contributed by atoms with van der Waals surface area (Å²) in [5.41, 5.74) is 8.15. The van der Waals surface area contributed by atoms with Gasteiger partial charge in [0.1, 0.15) is 17.5 Å². The van der Waals surface area contributed by atoms with Crippen molar-refractivity contribution < 1.29 is 0 Å². The lowest BCUT2D eigenvalue weighted by Crippen LogP contribution is -2.16. The Balaban J connectivity index is 2.69. The van der Waals surface area contributed by atoms with Gasteiger partial charge in [-0.2, -0.15) is 5.10 Å². The van der Waals surface area contributed by atoms with Gasteiger partial charge in [0.2, 0.25) is 0 Å². The van der Waals surface area contributed by atoms with Crippen molar-refractivity contribution in [3.63, 3.8) is 0 Å². The number of aromatic nitrogens is 3. The largest absolute Gasteiger partial charge is 0.384 e. The van der Waals surface area contributed by atoms with Gasteiger partial charge in [0.25, 0.3) is 0 Å². The van der Waals surface area contributed by atoms with Gasteiger partial charge in [-0.25, -0.2) is 9.67 Å². The van der Waals surface area contributed by atoms with E-state index < -0.39 is 0 Å². The Kier molecular flexibility index (Phi) is 2.67. The molecule has 0 unspecified atom stereocenters. The van der Waals surface area contributed by atoms with Gasteiger partial charge in [0.05, 0.1) is 5.69 Å². The second-order valence-electron chi connectivity index (χ2n) is 4.05. The van der Waals surface area contributed by atoms with Crippen LogP contribution in [0.5, 0.6) is 0 Å². The quantitative estimate of drug-likeness (QED) is 0.604. The molecule has 0 amide bonds. The summed E-state index contributed by atoms with van der Waals surface area (Å²) >= 11 is 0. The predicted molar refractivity (Wildman–Crippen MR) is 66.6 cm³/mol. The number of nitrogen functional groups attached to an aromatic ring is 1. The third-order valence-corrected chi connectivity index (χ3v) is 2.55. The molecule has 1 heterocycles. The summed E-state index contributed by atoms with van der Waals surface area (Å²) in [6.45, 7) is 5.71. The molecule has 88 valence electrons. The lowest BCUT2D eigenvalue weighted by molar-refractivity contribution is 0.828. The van der Waals surface area contributed by atoms with E-state index in [0.29, 0.717) is 11.4 Å². The average Bonchev–Trinajstić information content (AvgIpc) is 2.57. The molecule has 0 saturated carbocycles. The first kappa shape index (κ1) is 11.3. The molecule has 2 rings (SSSR count). The minimum absolute atomic E-state index is 0.0348. The van der Waals surface area contributed by atoms with Crippen LogP contribution in [0.2, 0.25) is 0 Å². The Bertz CT molecular complexity index is 583. The van der Waals surface area contributed by atoms with Crippen LogP contribution in [0.4, 0.5) is 0 Å². The monoisotopic (exact) mass is 229 g/mol. The first-order valence-electron chi connectivity index (χ1n) is 5.34. The van der Waals surface area contributed by atoms with Gasteiger partial charge in [-0.3, -0.25) is 5.41 Å². The lowest BCUT2D eigenvalue weighted by atomic mass is 10.1. The smallest absolute Gasteiger partial charge is 0.148 e. The molecule has 0 atom stereocenters. The summed E-state index contributed by atoms with van der Waals surface area (Å²) in [5, 5.41) is 11.9. The van der Waals surface area contributed by atoms with Crippen LogP contribution < -0.4 is 5.73 Å². The second-order valence-corrected chi connectivity index (χ2v) is 4.05. The molecule has 0 aliphatic heterocycles. The van der Waals surface area contributed by atoms with Crippen molar-refractivity contribution in [1.82, 2.24) is 14.8 Å². The van der Waals surface area contributed by atoms with Gasteiger partial charge in [-0.1, -0.05) is 6.07 Å². The summed E-state index contributed by atoms with van der Waals surface area (Å²) in [6.07, 6.45) is 0. The van der Waals surface area contributed by atoms with Crippen LogP contribution in [0.3, 0.4) is 0 Å². The van der Waals surface area contributed by atoms with Crippen LogP contribution in [0.15, 0.2) is 18.2 Å². The van der Waals surface area contributed by atoms with E-state index in [4.69, 9.17) is 11.1 Å². The number of hydrogen-bond donors (Lipinski definition) is 2. The lowest BCUT2D eigenvalue weighted by Gasteiger charge is -2.10. The molecule has 1 aromatic heterocycles. The standard InChI is InChI=1S/C12H15N5/c1-7-4-5-10(12(13)14)11(6-7)17-9(3)15-8(2)16-17/h4-6H,1-3H3,(H3,13,14). The molecule has 1 aromatic carbocycles. The molecule has 5 heteroatoms. The fourth-order valence-corrected chi connectivity index (χ4v) is 1.79. The predicted octanol–water partition coefficient (Wildman–Crippen LogP) is 1.48. The Morgan fingerprint density at radius 3 is 2.53 bits per heavy atom. The number of nitrogens with two attached hydrogens (primary N) is 1. The molecule has 0 fully saturated rings. The zero-order valence-corrected chi connectivity index (χ0v) is 10.2. The van der Waals surface area contributed by atoms with E-state index in [1.807, 2.05) is 39.0 Å². The molecule has 0 bridgehead atoms. The van der Waals surface area contributed by atoms with Crippen LogP contribution in [0.1, 0.15) is 22.8 Å². The maximum absolute atomic E-state index is 7.59. The minimum Gasteiger partial charge on any atom is -0.384 e. The SMILES string of the molecule is Cc1ccc(C(=N)N)c(-n2nc(C)nc2C)c1. The van der Waals surface area contributed by atoms with Crippen LogP contribution in [0.25, 0.3) is 5.69 Å². The molecule has 3 N–H and O–H groups in total. The number of rotatable bonds is 2. The maximum atomic E-state index is 7.59. The van der Waals surface area contributed by atoms with Gasteiger partial charge in [0.15, 0.2) is 0 Å². The number of benzene rings is 1. The van der Waals surface area contributed by atoms with E-state index in [9.17, 15) is 0 Å². The molecule has 0 aliphatic rings.